The van der Waals surface area contributed by atoms with Crippen LogP contribution >= 0.6 is 0 Å². The molecule has 9 heteroatoms. The van der Waals surface area contributed by atoms with E-state index in [9.17, 15) is 14.7 Å². The maximum Gasteiger partial charge on any atom is 0.416 e. The van der Waals surface area contributed by atoms with Crippen LogP contribution in [-0.4, -0.2) is 61.6 Å². The van der Waals surface area contributed by atoms with Crippen molar-refractivity contribution in [3.8, 4) is 17.2 Å². The fourth-order valence-electron chi connectivity index (χ4n) is 5.11. The number of hydrogen-bond donors (Lipinski definition) is 1. The van der Waals surface area contributed by atoms with Gasteiger partial charge in [-0.05, 0) is 41.3 Å². The second-order valence-corrected chi connectivity index (χ2v) is 9.72. The average Bonchev–Trinajstić information content (AvgIpc) is 3.40. The number of amides is 2. The van der Waals surface area contributed by atoms with Crippen molar-refractivity contribution in [1.82, 2.24) is 4.90 Å². The predicted molar refractivity (Wildman–Crippen MR) is 154 cm³/mol. The van der Waals surface area contributed by atoms with E-state index < -0.39 is 18.4 Å². The van der Waals surface area contributed by atoms with Crippen LogP contribution in [0.1, 0.15) is 27.9 Å². The van der Waals surface area contributed by atoms with Crippen LogP contribution in [0.25, 0.3) is 6.08 Å². The monoisotopic (exact) mass is 556 g/mol. The smallest absolute Gasteiger partial charge is 0.416 e. The molecule has 0 aromatic heterocycles. The van der Waals surface area contributed by atoms with Crippen LogP contribution in [0.15, 0.2) is 85.0 Å². The number of ether oxygens (including phenoxy) is 4. The highest BCUT2D eigenvalue weighted by molar-refractivity contribution is 6.06. The number of anilines is 1. The lowest BCUT2D eigenvalue weighted by Gasteiger charge is -2.31. The number of aliphatic hydroxyl groups is 1. The summed E-state index contributed by atoms with van der Waals surface area (Å²) in [6.45, 7) is 4.07. The minimum atomic E-state index is -1.38. The number of carbonyl (C=O) groups excluding carboxylic acids is 2. The number of rotatable bonds is 8. The lowest BCUT2D eigenvalue weighted by atomic mass is 10.1. The van der Waals surface area contributed by atoms with Crippen molar-refractivity contribution in [3.63, 3.8) is 0 Å². The molecule has 0 aliphatic carbocycles. The van der Waals surface area contributed by atoms with Gasteiger partial charge in [-0.1, -0.05) is 61.2 Å². The van der Waals surface area contributed by atoms with Crippen LogP contribution in [0.5, 0.6) is 17.2 Å². The van der Waals surface area contributed by atoms with Gasteiger partial charge in [0.25, 0.3) is 5.91 Å². The average molecular weight is 557 g/mol. The summed E-state index contributed by atoms with van der Waals surface area (Å²) in [6, 6.07) is 19.5. The maximum absolute atomic E-state index is 14.0. The largest absolute Gasteiger partial charge is 0.497 e. The number of hydrogen-bond acceptors (Lipinski definition) is 7. The Labute approximate surface area is 238 Å². The van der Waals surface area contributed by atoms with Gasteiger partial charge in [0.15, 0.2) is 17.7 Å². The van der Waals surface area contributed by atoms with Crippen LogP contribution in [0.3, 0.4) is 0 Å². The zero-order valence-electron chi connectivity index (χ0n) is 23.0. The van der Waals surface area contributed by atoms with Crippen LogP contribution in [0.4, 0.5) is 10.5 Å². The van der Waals surface area contributed by atoms with Crippen molar-refractivity contribution in [2.24, 2.45) is 0 Å². The zero-order valence-corrected chi connectivity index (χ0v) is 23.0. The van der Waals surface area contributed by atoms with Gasteiger partial charge >= 0.3 is 6.09 Å². The van der Waals surface area contributed by atoms with Gasteiger partial charge in [-0.2, -0.15) is 0 Å². The molecule has 9 nitrogen and oxygen atoms in total. The molecule has 2 amide bonds. The summed E-state index contributed by atoms with van der Waals surface area (Å²) in [5.74, 6) is 1.05. The van der Waals surface area contributed by atoms with E-state index >= 15 is 0 Å². The van der Waals surface area contributed by atoms with Crippen molar-refractivity contribution < 1.29 is 33.6 Å². The Morgan fingerprint density at radius 1 is 1.05 bits per heavy atom. The van der Waals surface area contributed by atoms with Gasteiger partial charge in [0, 0.05) is 12.6 Å². The first-order chi connectivity index (χ1) is 19.9. The van der Waals surface area contributed by atoms with Crippen LogP contribution in [-0.2, 0) is 11.3 Å². The number of aliphatic hydroxyl groups excluding tert-OH is 1. The third-order valence-electron chi connectivity index (χ3n) is 7.13. The summed E-state index contributed by atoms with van der Waals surface area (Å²) in [6.07, 6.45) is 1.60. The van der Waals surface area contributed by atoms with E-state index in [-0.39, 0.29) is 36.9 Å². The van der Waals surface area contributed by atoms with Crippen LogP contribution in [0, 0.1) is 0 Å². The molecule has 3 aromatic rings. The predicted octanol–water partition coefficient (Wildman–Crippen LogP) is 5.04. The Morgan fingerprint density at radius 3 is 2.49 bits per heavy atom. The summed E-state index contributed by atoms with van der Waals surface area (Å²) in [4.78, 5) is 30.0. The lowest BCUT2D eigenvalue weighted by molar-refractivity contribution is 0.0496. The second kappa shape index (κ2) is 12.2. The topological polar surface area (TPSA) is 97.8 Å². The van der Waals surface area contributed by atoms with Gasteiger partial charge in [-0.3, -0.25) is 4.79 Å². The number of fused-ring (bicyclic) bond motifs is 2. The van der Waals surface area contributed by atoms with Gasteiger partial charge in [0.05, 0.1) is 31.5 Å². The van der Waals surface area contributed by atoms with Gasteiger partial charge in [0.2, 0.25) is 0 Å². The molecule has 1 saturated heterocycles. The molecule has 212 valence electrons. The minimum absolute atomic E-state index is 0.0597. The fraction of sp³-hybridized carbons (Fsp3) is 0.250. The number of nitrogens with zero attached hydrogens (tertiary/aromatic N) is 2. The van der Waals surface area contributed by atoms with Gasteiger partial charge in [-0.25, -0.2) is 9.69 Å². The first-order valence-corrected chi connectivity index (χ1v) is 13.2. The van der Waals surface area contributed by atoms with Gasteiger partial charge in [-0.15, -0.1) is 0 Å². The Morgan fingerprint density at radius 2 is 1.80 bits per heavy atom. The Kier molecular flexibility index (Phi) is 8.26. The highest BCUT2D eigenvalue weighted by atomic mass is 16.6. The molecule has 0 unspecified atom stereocenters. The molecule has 0 saturated carbocycles. The molecule has 0 spiro atoms. The quantitative estimate of drug-likeness (QED) is 0.388. The zero-order chi connectivity index (χ0) is 28.9. The summed E-state index contributed by atoms with van der Waals surface area (Å²) in [5.41, 5.74) is 3.17. The first kappa shape index (κ1) is 27.8. The van der Waals surface area contributed by atoms with Crippen molar-refractivity contribution in [2.45, 2.75) is 25.3 Å². The van der Waals surface area contributed by atoms with E-state index in [1.165, 1.54) is 13.2 Å². The molecule has 2 atom stereocenters. The molecule has 5 rings (SSSR count). The third-order valence-corrected chi connectivity index (χ3v) is 7.13. The molecule has 41 heavy (non-hydrogen) atoms. The highest BCUT2D eigenvalue weighted by Gasteiger charge is 2.46. The Balaban J connectivity index is 1.53. The molecule has 0 radical (unpaired) electrons. The lowest BCUT2D eigenvalue weighted by Crippen LogP contribution is -2.50. The van der Waals surface area contributed by atoms with Crippen molar-refractivity contribution in [3.05, 3.63) is 102 Å². The first-order valence-electron chi connectivity index (χ1n) is 13.2. The normalized spacial score (nSPS) is 18.8. The minimum Gasteiger partial charge on any atom is -0.497 e. The molecular weight excluding hydrogens is 524 g/mol. The summed E-state index contributed by atoms with van der Waals surface area (Å²) in [5, 5.41) is 11.6. The molecule has 1 fully saturated rings. The van der Waals surface area contributed by atoms with E-state index in [2.05, 4.69) is 6.58 Å². The van der Waals surface area contributed by atoms with Crippen molar-refractivity contribution >= 4 is 23.8 Å². The van der Waals surface area contributed by atoms with E-state index in [1.807, 2.05) is 60.7 Å². The number of carbonyl (C=O) groups is 2. The van der Waals surface area contributed by atoms with Crippen molar-refractivity contribution in [2.75, 3.05) is 32.3 Å². The summed E-state index contributed by atoms with van der Waals surface area (Å²) in [7, 11) is 3.09. The molecule has 0 bridgehead atoms. The fourth-order valence-corrected chi connectivity index (χ4v) is 5.11. The summed E-state index contributed by atoms with van der Waals surface area (Å²) < 4.78 is 22.2. The van der Waals surface area contributed by atoms with E-state index in [0.717, 1.165) is 27.3 Å². The standard InChI is InChI=1S/C32H32N2O7/c1-4-14-40-32(37)34-26-18-29(41-20-22-8-6-5-7-9-22)28(39-3)17-25(26)30(35)33-19-23(16-27(33)31(34)36)15-21-10-12-24(38-2)13-11-21/h4-13,15,17-18,27,31,36H,1,14,16,19-20H2,2-3H3/b23-15+/t27-,31-/m0/s1. The molecular formula is C32H32N2O7. The van der Waals surface area contributed by atoms with E-state index in [0.29, 0.717) is 17.9 Å². The Hall–Kier alpha value is -4.76. The van der Waals surface area contributed by atoms with Crippen LogP contribution in [0.2, 0.25) is 0 Å². The van der Waals surface area contributed by atoms with Gasteiger partial charge < -0.3 is 29.0 Å². The van der Waals surface area contributed by atoms with E-state index in [4.69, 9.17) is 18.9 Å². The van der Waals surface area contributed by atoms with E-state index in [1.54, 1.807) is 24.1 Å². The van der Waals surface area contributed by atoms with Gasteiger partial charge in [0.1, 0.15) is 19.0 Å². The maximum atomic E-state index is 14.0. The third kappa shape index (κ3) is 5.76. The number of benzene rings is 3. The molecule has 1 N–H and O–H groups in total. The Bertz CT molecular complexity index is 1450. The molecule has 2 aliphatic rings. The van der Waals surface area contributed by atoms with Crippen LogP contribution < -0.4 is 19.1 Å². The molecule has 2 aliphatic heterocycles. The number of methoxy groups -OCH3 is 2. The van der Waals surface area contributed by atoms with Crippen molar-refractivity contribution in [1.29, 1.82) is 0 Å². The summed E-state index contributed by atoms with van der Waals surface area (Å²) >= 11 is 0. The SMILES string of the molecule is C=CCOC(=O)N1c2cc(OCc3ccccc3)c(OC)cc2C(=O)N2C/C(=C/c3ccc(OC)cc3)C[C@H]2[C@@H]1O. The highest BCUT2D eigenvalue weighted by Crippen LogP contribution is 2.42. The second-order valence-electron chi connectivity index (χ2n) is 9.72. The molecule has 3 aromatic carbocycles. The molecule has 2 heterocycles.